The van der Waals surface area contributed by atoms with E-state index >= 15 is 0 Å². The Morgan fingerprint density at radius 3 is 2.60 bits per heavy atom. The number of phenolic OH excluding ortho intramolecular Hbond substituents is 1. The van der Waals surface area contributed by atoms with Crippen molar-refractivity contribution in [3.8, 4) is 23.0 Å². The summed E-state index contributed by atoms with van der Waals surface area (Å²) in [6.45, 7) is 6.44. The molecule has 0 spiro atoms. The van der Waals surface area contributed by atoms with Gasteiger partial charge in [0.1, 0.15) is 28.6 Å². The Balaban J connectivity index is 1.71. The first-order valence-electron chi connectivity index (χ1n) is 10.3. The number of nitrogens with zero attached hydrogens (tertiary/aromatic N) is 1. The lowest BCUT2D eigenvalue weighted by molar-refractivity contribution is 0.175. The van der Waals surface area contributed by atoms with Crippen molar-refractivity contribution in [3.63, 3.8) is 0 Å². The van der Waals surface area contributed by atoms with Crippen molar-refractivity contribution in [1.82, 2.24) is 4.90 Å². The van der Waals surface area contributed by atoms with Crippen LogP contribution in [0, 0.1) is 12.8 Å². The van der Waals surface area contributed by atoms with E-state index in [1.54, 1.807) is 50.4 Å². The highest BCUT2D eigenvalue weighted by Gasteiger charge is 2.22. The normalized spacial score (nSPS) is 17.2. The minimum absolute atomic E-state index is 0.145. The molecule has 1 aliphatic heterocycles. The van der Waals surface area contributed by atoms with Crippen LogP contribution >= 0.6 is 0 Å². The summed E-state index contributed by atoms with van der Waals surface area (Å²) in [5, 5.41) is 10.9. The van der Waals surface area contributed by atoms with Gasteiger partial charge < -0.3 is 19.0 Å². The van der Waals surface area contributed by atoms with Gasteiger partial charge in [0.25, 0.3) is 0 Å². The van der Waals surface area contributed by atoms with Crippen LogP contribution in [-0.4, -0.2) is 30.2 Å². The number of phenols is 1. The minimum Gasteiger partial charge on any atom is -0.507 e. The second kappa shape index (κ2) is 8.40. The van der Waals surface area contributed by atoms with Crippen LogP contribution in [0.25, 0.3) is 11.0 Å². The van der Waals surface area contributed by atoms with Crippen molar-refractivity contribution in [3.05, 3.63) is 57.9 Å². The molecule has 158 valence electrons. The van der Waals surface area contributed by atoms with Gasteiger partial charge in [-0.2, -0.15) is 0 Å². The smallest absolute Gasteiger partial charge is 0.235 e. The second-order valence-electron chi connectivity index (χ2n) is 8.02. The third kappa shape index (κ3) is 4.00. The van der Waals surface area contributed by atoms with E-state index < -0.39 is 0 Å². The van der Waals surface area contributed by atoms with Crippen LogP contribution in [0.1, 0.15) is 31.1 Å². The van der Waals surface area contributed by atoms with Gasteiger partial charge in [-0.3, -0.25) is 9.69 Å². The Hall–Kier alpha value is -2.99. The molecule has 0 bridgehead atoms. The number of benzene rings is 2. The van der Waals surface area contributed by atoms with Crippen LogP contribution in [0.4, 0.5) is 0 Å². The van der Waals surface area contributed by atoms with Gasteiger partial charge in [0, 0.05) is 13.1 Å². The van der Waals surface area contributed by atoms with Crippen LogP contribution in [0.3, 0.4) is 0 Å². The third-order valence-electron chi connectivity index (χ3n) is 5.66. The zero-order valence-corrected chi connectivity index (χ0v) is 17.6. The topological polar surface area (TPSA) is 72.1 Å². The molecule has 30 heavy (non-hydrogen) atoms. The molecule has 1 unspecified atom stereocenters. The van der Waals surface area contributed by atoms with E-state index in [4.69, 9.17) is 13.9 Å². The number of hydrogen-bond donors (Lipinski definition) is 1. The van der Waals surface area contributed by atoms with Gasteiger partial charge in [0.05, 0.1) is 18.1 Å². The maximum absolute atomic E-state index is 13.2. The van der Waals surface area contributed by atoms with E-state index in [1.807, 2.05) is 0 Å². The second-order valence-corrected chi connectivity index (χ2v) is 8.02. The number of fused-ring (bicyclic) bond motifs is 1. The molecule has 1 aromatic heterocycles. The van der Waals surface area contributed by atoms with Gasteiger partial charge in [0.2, 0.25) is 11.2 Å². The summed E-state index contributed by atoms with van der Waals surface area (Å²) >= 11 is 0. The fourth-order valence-corrected chi connectivity index (χ4v) is 4.08. The summed E-state index contributed by atoms with van der Waals surface area (Å²) in [4.78, 5) is 15.5. The summed E-state index contributed by atoms with van der Waals surface area (Å²) in [6, 6.07) is 10.2. The first-order chi connectivity index (χ1) is 14.5. The van der Waals surface area contributed by atoms with Crippen molar-refractivity contribution in [2.75, 3.05) is 20.2 Å². The highest BCUT2D eigenvalue weighted by Crippen LogP contribution is 2.32. The summed E-state index contributed by atoms with van der Waals surface area (Å²) < 4.78 is 17.0. The number of rotatable bonds is 5. The molecule has 2 aromatic carbocycles. The number of ether oxygens (including phenoxy) is 2. The summed E-state index contributed by atoms with van der Waals surface area (Å²) in [7, 11) is 1.59. The largest absolute Gasteiger partial charge is 0.507 e. The van der Waals surface area contributed by atoms with Crippen LogP contribution in [0.2, 0.25) is 0 Å². The fraction of sp³-hybridized carbons (Fsp3) is 0.375. The molecule has 6 heteroatoms. The molecule has 1 saturated heterocycles. The van der Waals surface area contributed by atoms with Gasteiger partial charge in [-0.15, -0.1) is 0 Å². The zero-order valence-electron chi connectivity index (χ0n) is 17.6. The van der Waals surface area contributed by atoms with E-state index in [0.29, 0.717) is 46.3 Å². The van der Waals surface area contributed by atoms with Gasteiger partial charge in [-0.25, -0.2) is 0 Å². The predicted molar refractivity (Wildman–Crippen MR) is 116 cm³/mol. The molecule has 0 radical (unpaired) electrons. The highest BCUT2D eigenvalue weighted by atomic mass is 16.5. The molecule has 0 aliphatic carbocycles. The lowest BCUT2D eigenvalue weighted by Gasteiger charge is -2.31. The monoisotopic (exact) mass is 409 g/mol. The maximum atomic E-state index is 13.2. The molecule has 2 heterocycles. The van der Waals surface area contributed by atoms with E-state index in [0.717, 1.165) is 19.5 Å². The Labute approximate surface area is 175 Å². The van der Waals surface area contributed by atoms with Gasteiger partial charge in [-0.1, -0.05) is 6.92 Å². The molecular weight excluding hydrogens is 382 g/mol. The van der Waals surface area contributed by atoms with Gasteiger partial charge in [0.15, 0.2) is 0 Å². The van der Waals surface area contributed by atoms with Crippen LogP contribution in [0.5, 0.6) is 23.0 Å². The summed E-state index contributed by atoms with van der Waals surface area (Å²) in [5.74, 6) is 2.52. The van der Waals surface area contributed by atoms with Crippen LogP contribution in [0.15, 0.2) is 45.6 Å². The Morgan fingerprint density at radius 2 is 1.90 bits per heavy atom. The average molecular weight is 409 g/mol. The molecule has 0 saturated carbocycles. The Kier molecular flexibility index (Phi) is 5.68. The quantitative estimate of drug-likeness (QED) is 0.650. The highest BCUT2D eigenvalue weighted by molar-refractivity contribution is 5.83. The van der Waals surface area contributed by atoms with Crippen molar-refractivity contribution >= 4 is 11.0 Å². The molecule has 1 N–H and O–H groups in total. The molecule has 1 aliphatic rings. The molecule has 1 fully saturated rings. The standard InChI is InChI=1S/C24H27NO5/c1-15-5-4-12-25(13-15)14-20-21(26)11-10-19-22(27)23(16(2)29-24(19)20)30-18-8-6-17(28-3)7-9-18/h6-11,15,26H,4-5,12-14H2,1-3H3. The van der Waals surface area contributed by atoms with Crippen molar-refractivity contribution in [2.24, 2.45) is 5.92 Å². The molecule has 1 atom stereocenters. The number of likely N-dealkylation sites (tertiary alicyclic amines) is 1. The lowest BCUT2D eigenvalue weighted by atomic mass is 9.99. The molecule has 6 nitrogen and oxygen atoms in total. The van der Waals surface area contributed by atoms with Crippen LogP contribution in [-0.2, 0) is 6.54 Å². The predicted octanol–water partition coefficient (Wildman–Crippen LogP) is 4.84. The number of piperidine rings is 1. The number of aryl methyl sites for hydroxylation is 1. The van der Waals surface area contributed by atoms with Gasteiger partial charge >= 0.3 is 0 Å². The van der Waals surface area contributed by atoms with Crippen molar-refractivity contribution < 1.29 is 19.0 Å². The molecule has 4 rings (SSSR count). The molecular formula is C24H27NO5. The first kappa shape index (κ1) is 20.3. The van der Waals surface area contributed by atoms with E-state index in [1.165, 1.54) is 6.42 Å². The molecule has 3 aromatic rings. The lowest BCUT2D eigenvalue weighted by Crippen LogP contribution is -2.33. The molecule has 0 amide bonds. The third-order valence-corrected chi connectivity index (χ3v) is 5.66. The average Bonchev–Trinajstić information content (AvgIpc) is 2.74. The maximum Gasteiger partial charge on any atom is 0.235 e. The van der Waals surface area contributed by atoms with Crippen molar-refractivity contribution in [1.29, 1.82) is 0 Å². The van der Waals surface area contributed by atoms with E-state index in [2.05, 4.69) is 11.8 Å². The summed E-state index contributed by atoms with van der Waals surface area (Å²) in [6.07, 6.45) is 2.35. The zero-order chi connectivity index (χ0) is 21.3. The number of methoxy groups -OCH3 is 1. The van der Waals surface area contributed by atoms with Crippen LogP contribution < -0.4 is 14.9 Å². The Morgan fingerprint density at radius 1 is 1.17 bits per heavy atom. The van der Waals surface area contributed by atoms with E-state index in [9.17, 15) is 9.90 Å². The number of aromatic hydroxyl groups is 1. The first-order valence-corrected chi connectivity index (χ1v) is 10.3. The van der Waals surface area contributed by atoms with E-state index in [-0.39, 0.29) is 16.9 Å². The summed E-state index contributed by atoms with van der Waals surface area (Å²) in [5.41, 5.74) is 0.827. The Bertz CT molecular complexity index is 1100. The SMILES string of the molecule is COc1ccc(Oc2c(C)oc3c(CN4CCCC(C)C4)c(O)ccc3c2=O)cc1. The van der Waals surface area contributed by atoms with Crippen molar-refractivity contribution in [2.45, 2.75) is 33.2 Å². The fourth-order valence-electron chi connectivity index (χ4n) is 4.08. The van der Waals surface area contributed by atoms with Gasteiger partial charge in [-0.05, 0) is 68.6 Å². The number of hydrogen-bond acceptors (Lipinski definition) is 6. The minimum atomic E-state index is -0.252.